The van der Waals surface area contributed by atoms with Gasteiger partial charge in [-0.05, 0) is 37.5 Å². The van der Waals surface area contributed by atoms with Gasteiger partial charge in [-0.15, -0.1) is 0 Å². The van der Waals surface area contributed by atoms with Crippen molar-refractivity contribution in [3.05, 3.63) is 0 Å². The maximum atomic E-state index is 13.2. The highest BCUT2D eigenvalue weighted by Gasteiger charge is 2.31. The number of carbonyl (C=O) groups excluding carboxylic acids is 4. The third-order valence-electron chi connectivity index (χ3n) is 21.8. The van der Waals surface area contributed by atoms with Gasteiger partial charge in [0, 0.05) is 25.7 Å². The fourth-order valence-electron chi connectivity index (χ4n) is 14.3. The molecular formula is C91H178O17P2. The normalized spacial score (nSPS) is 14.0. The molecule has 0 aromatic rings. The lowest BCUT2D eigenvalue weighted by molar-refractivity contribution is -0.161. The zero-order chi connectivity index (χ0) is 80.6. The van der Waals surface area contributed by atoms with Crippen LogP contribution in [-0.2, 0) is 65.4 Å². The topological polar surface area (TPSA) is 237 Å². The summed E-state index contributed by atoms with van der Waals surface area (Å²) >= 11 is 0. The molecule has 17 nitrogen and oxygen atoms in total. The lowest BCUT2D eigenvalue weighted by Crippen LogP contribution is -2.30. The van der Waals surface area contributed by atoms with Crippen molar-refractivity contribution in [3.63, 3.8) is 0 Å². The van der Waals surface area contributed by atoms with Crippen molar-refractivity contribution in [2.45, 2.75) is 509 Å². The summed E-state index contributed by atoms with van der Waals surface area (Å²) in [7, 11) is -9.94. The van der Waals surface area contributed by atoms with Crippen molar-refractivity contribution in [1.29, 1.82) is 0 Å². The molecule has 0 aromatic heterocycles. The van der Waals surface area contributed by atoms with Gasteiger partial charge in [0.1, 0.15) is 19.3 Å². The Bertz CT molecular complexity index is 2100. The summed E-state index contributed by atoms with van der Waals surface area (Å²) in [6.07, 6.45) is 76.5. The quantitative estimate of drug-likeness (QED) is 0.0222. The molecule has 654 valence electrons. The van der Waals surface area contributed by atoms with E-state index >= 15 is 0 Å². The van der Waals surface area contributed by atoms with E-state index in [2.05, 4.69) is 41.5 Å². The number of esters is 4. The van der Waals surface area contributed by atoms with Gasteiger partial charge in [0.05, 0.1) is 26.4 Å². The third-order valence-corrected chi connectivity index (χ3v) is 23.7. The van der Waals surface area contributed by atoms with Gasteiger partial charge in [0.2, 0.25) is 0 Å². The highest BCUT2D eigenvalue weighted by Crippen LogP contribution is 2.45. The van der Waals surface area contributed by atoms with E-state index in [1.54, 1.807) is 0 Å². The number of aliphatic hydroxyl groups is 1. The smallest absolute Gasteiger partial charge is 0.462 e. The Morgan fingerprint density at radius 1 is 0.264 bits per heavy atom. The SMILES string of the molecule is CCCCCCCCCCCCCCCCCCCCCC(=O)OC[C@H](COP(=O)(O)OC[C@@H](O)COP(=O)(O)OC[C@@H](COC(=O)CCCCCCCCCCC(C)C)OC(=O)CCCCCCCCCCCCCCCCCCCC)OC(=O)CCCCCCCCCCCCCCCCCCCCC(C)CC. The molecule has 3 N–H and O–H groups in total. The monoisotopic (exact) mass is 1610 g/mol. The Hall–Kier alpha value is -1.94. The molecule has 0 aromatic carbocycles. The van der Waals surface area contributed by atoms with Crippen LogP contribution in [0.15, 0.2) is 0 Å². The fourth-order valence-corrected chi connectivity index (χ4v) is 15.9. The number of carbonyl (C=O) groups is 4. The molecule has 3 unspecified atom stereocenters. The van der Waals surface area contributed by atoms with Crippen LogP contribution in [0.4, 0.5) is 0 Å². The average molecular weight is 1610 g/mol. The van der Waals surface area contributed by atoms with Crippen LogP contribution in [0.2, 0.25) is 0 Å². The summed E-state index contributed by atoms with van der Waals surface area (Å²) in [5, 5.41) is 10.7. The Morgan fingerprint density at radius 3 is 0.691 bits per heavy atom. The Balaban J connectivity index is 5.23. The summed E-state index contributed by atoms with van der Waals surface area (Å²) in [4.78, 5) is 73.4. The maximum absolute atomic E-state index is 13.2. The molecule has 110 heavy (non-hydrogen) atoms. The molecule has 0 saturated heterocycles. The van der Waals surface area contributed by atoms with E-state index in [4.69, 9.17) is 37.0 Å². The number of rotatable bonds is 90. The predicted octanol–water partition coefficient (Wildman–Crippen LogP) is 28.2. The number of phosphoric ester groups is 2. The van der Waals surface area contributed by atoms with Crippen LogP contribution in [0.1, 0.15) is 491 Å². The van der Waals surface area contributed by atoms with Crippen LogP contribution in [0, 0.1) is 11.8 Å². The molecule has 0 radical (unpaired) electrons. The van der Waals surface area contributed by atoms with Gasteiger partial charge in [-0.25, -0.2) is 9.13 Å². The summed E-state index contributed by atoms with van der Waals surface area (Å²) in [5.74, 6) is -0.499. The van der Waals surface area contributed by atoms with Crippen LogP contribution in [0.5, 0.6) is 0 Å². The number of ether oxygens (including phenoxy) is 4. The second-order valence-corrected chi connectivity index (χ2v) is 36.3. The lowest BCUT2D eigenvalue weighted by Gasteiger charge is -2.21. The maximum Gasteiger partial charge on any atom is 0.472 e. The molecule has 0 heterocycles. The van der Waals surface area contributed by atoms with Gasteiger partial charge in [-0.3, -0.25) is 37.3 Å². The molecule has 0 spiro atoms. The van der Waals surface area contributed by atoms with Gasteiger partial charge < -0.3 is 33.8 Å². The molecule has 0 saturated carbocycles. The van der Waals surface area contributed by atoms with E-state index in [9.17, 15) is 43.2 Å². The highest BCUT2D eigenvalue weighted by atomic mass is 31.2. The first-order valence-electron chi connectivity index (χ1n) is 47.0. The van der Waals surface area contributed by atoms with Crippen LogP contribution in [-0.4, -0.2) is 96.7 Å². The second kappa shape index (κ2) is 82.2. The van der Waals surface area contributed by atoms with Crippen LogP contribution in [0.25, 0.3) is 0 Å². The summed E-state index contributed by atoms with van der Waals surface area (Å²) in [5.41, 5.74) is 0. The van der Waals surface area contributed by atoms with E-state index in [1.807, 2.05) is 0 Å². The van der Waals surface area contributed by atoms with Gasteiger partial charge >= 0.3 is 39.5 Å². The molecule has 0 aliphatic carbocycles. The van der Waals surface area contributed by atoms with Crippen molar-refractivity contribution in [2.75, 3.05) is 39.6 Å². The first kappa shape index (κ1) is 108. The number of aliphatic hydroxyl groups excluding tert-OH is 1. The lowest BCUT2D eigenvalue weighted by atomic mass is 9.99. The second-order valence-electron chi connectivity index (χ2n) is 33.4. The summed E-state index contributed by atoms with van der Waals surface area (Å²) < 4.78 is 69.1. The van der Waals surface area contributed by atoms with Crippen molar-refractivity contribution in [1.82, 2.24) is 0 Å². The van der Waals surface area contributed by atoms with Gasteiger partial charge in [0.15, 0.2) is 12.2 Å². The Morgan fingerprint density at radius 2 is 0.464 bits per heavy atom. The van der Waals surface area contributed by atoms with E-state index in [-0.39, 0.29) is 25.7 Å². The molecule has 0 bridgehead atoms. The molecule has 19 heteroatoms. The fraction of sp³-hybridized carbons (Fsp3) is 0.956. The number of phosphoric acid groups is 2. The first-order valence-corrected chi connectivity index (χ1v) is 50.0. The van der Waals surface area contributed by atoms with Gasteiger partial charge in [0.25, 0.3) is 0 Å². The van der Waals surface area contributed by atoms with Crippen molar-refractivity contribution in [2.24, 2.45) is 11.8 Å². The molecular weight excluding hydrogens is 1430 g/mol. The summed E-state index contributed by atoms with van der Waals surface area (Å²) in [6, 6.07) is 0. The number of hydrogen-bond donors (Lipinski definition) is 3. The predicted molar refractivity (Wildman–Crippen MR) is 455 cm³/mol. The molecule has 0 aliphatic rings. The minimum atomic E-state index is -4.97. The zero-order valence-corrected chi connectivity index (χ0v) is 74.4. The van der Waals surface area contributed by atoms with Crippen molar-refractivity contribution >= 4 is 39.5 Å². The zero-order valence-electron chi connectivity index (χ0n) is 72.6. The van der Waals surface area contributed by atoms with Gasteiger partial charge in [-0.2, -0.15) is 0 Å². The molecule has 0 rings (SSSR count). The molecule has 0 fully saturated rings. The highest BCUT2D eigenvalue weighted by molar-refractivity contribution is 7.47. The molecule has 6 atom stereocenters. The van der Waals surface area contributed by atoms with Crippen LogP contribution in [0.3, 0.4) is 0 Å². The summed E-state index contributed by atoms with van der Waals surface area (Å²) in [6.45, 7) is 9.74. The number of unbranched alkanes of at least 4 members (excludes halogenated alkanes) is 59. The minimum absolute atomic E-state index is 0.108. The minimum Gasteiger partial charge on any atom is -0.462 e. The standard InChI is InChI=1S/C91H178O17P2/c1-7-10-12-14-16-18-20-22-24-26-28-33-36-40-44-48-55-61-67-73-88(93)101-79-86(107-90(95)75-70-64-58-50-46-42-38-34-30-29-31-35-39-43-47-54-60-66-72-84(6)9-3)81-105-109(97,98)103-77-85(92)78-104-110(99,100)106-82-87(80-102-89(94)74-68-62-56-52-51-53-59-65-71-83(4)5)108-91(96)76-69-63-57-49-45-41-37-32-27-25-23-21-19-17-15-13-11-8-2/h83-87,92H,7-82H2,1-6H3,(H,97,98)(H,99,100)/t84?,85-,86-,87-/m1/s1. The number of hydrogen-bond acceptors (Lipinski definition) is 15. The molecule has 0 amide bonds. The largest absolute Gasteiger partial charge is 0.472 e. The third kappa shape index (κ3) is 82.6. The van der Waals surface area contributed by atoms with Crippen molar-refractivity contribution < 1.29 is 80.2 Å². The Labute approximate surface area is 677 Å². The first-order chi connectivity index (χ1) is 53.4. The van der Waals surface area contributed by atoms with E-state index in [1.165, 1.54) is 308 Å². The Kier molecular flexibility index (Phi) is 80.7. The van der Waals surface area contributed by atoms with Crippen LogP contribution < -0.4 is 0 Å². The van der Waals surface area contributed by atoms with Crippen LogP contribution >= 0.6 is 15.6 Å². The van der Waals surface area contributed by atoms with E-state index in [0.717, 1.165) is 102 Å². The average Bonchev–Trinajstić information content (AvgIpc) is 0.899. The van der Waals surface area contributed by atoms with E-state index < -0.39 is 97.5 Å². The van der Waals surface area contributed by atoms with E-state index in [0.29, 0.717) is 25.7 Å². The van der Waals surface area contributed by atoms with Gasteiger partial charge in [-0.1, -0.05) is 440 Å². The van der Waals surface area contributed by atoms with Crippen molar-refractivity contribution in [3.8, 4) is 0 Å². The molecule has 0 aliphatic heterocycles.